The van der Waals surface area contributed by atoms with Crippen LogP contribution in [-0.4, -0.2) is 19.3 Å². The molecular formula is C13H16F3NO2. The van der Waals surface area contributed by atoms with Crippen LogP contribution in [0.25, 0.3) is 0 Å². The van der Waals surface area contributed by atoms with Gasteiger partial charge in [-0.05, 0) is 30.5 Å². The van der Waals surface area contributed by atoms with Gasteiger partial charge in [-0.2, -0.15) is 13.2 Å². The molecule has 6 heteroatoms. The van der Waals surface area contributed by atoms with Crippen molar-refractivity contribution in [1.29, 1.82) is 0 Å². The van der Waals surface area contributed by atoms with Gasteiger partial charge in [-0.3, -0.25) is 0 Å². The molecule has 0 bridgehead atoms. The third-order valence-electron chi connectivity index (χ3n) is 3.08. The molecule has 0 saturated carbocycles. The molecule has 3 nitrogen and oxygen atoms in total. The molecule has 0 radical (unpaired) electrons. The summed E-state index contributed by atoms with van der Waals surface area (Å²) in [7, 11) is 0. The highest BCUT2D eigenvalue weighted by Gasteiger charge is 2.33. The molecular weight excluding hydrogens is 259 g/mol. The number of halogens is 3. The number of hydrogen-bond donors (Lipinski definition) is 1. The van der Waals surface area contributed by atoms with E-state index in [-0.39, 0.29) is 24.0 Å². The van der Waals surface area contributed by atoms with E-state index >= 15 is 0 Å². The lowest BCUT2D eigenvalue weighted by molar-refractivity contribution is -0.139. The second-order valence-corrected chi connectivity index (χ2v) is 4.54. The van der Waals surface area contributed by atoms with Crippen LogP contribution in [0.1, 0.15) is 24.0 Å². The average Bonchev–Trinajstić information content (AvgIpc) is 2.37. The molecule has 0 atom stereocenters. The van der Waals surface area contributed by atoms with Crippen molar-refractivity contribution in [3.8, 4) is 0 Å². The summed E-state index contributed by atoms with van der Waals surface area (Å²) in [4.78, 5) is 0. The van der Waals surface area contributed by atoms with E-state index in [9.17, 15) is 13.2 Å². The highest BCUT2D eigenvalue weighted by molar-refractivity contribution is 5.45. The molecule has 1 saturated heterocycles. The zero-order chi connectivity index (χ0) is 13.9. The number of ether oxygens (including phenoxy) is 2. The molecule has 0 aromatic heterocycles. The first-order chi connectivity index (χ1) is 8.97. The number of anilines is 1. The molecule has 1 aromatic rings. The summed E-state index contributed by atoms with van der Waals surface area (Å²) in [6, 6.07) is 3.78. The molecule has 1 fully saturated rings. The van der Waals surface area contributed by atoms with Gasteiger partial charge in [-0.15, -0.1) is 0 Å². The Hall–Kier alpha value is -1.27. The molecule has 0 amide bonds. The lowest BCUT2D eigenvalue weighted by Gasteiger charge is -2.23. The summed E-state index contributed by atoms with van der Waals surface area (Å²) in [5, 5.41) is 0. The van der Waals surface area contributed by atoms with Gasteiger partial charge in [0, 0.05) is 18.9 Å². The first-order valence-electron chi connectivity index (χ1n) is 6.12. The summed E-state index contributed by atoms with van der Waals surface area (Å²) in [5.74, 6) is 0. The monoisotopic (exact) mass is 275 g/mol. The molecule has 106 valence electrons. The second kappa shape index (κ2) is 5.79. The SMILES string of the molecule is Nc1ccc(COC2CCOCC2)c(C(F)(F)F)c1. The maximum Gasteiger partial charge on any atom is 0.416 e. The quantitative estimate of drug-likeness (QED) is 0.862. The molecule has 1 aliphatic heterocycles. The predicted molar refractivity (Wildman–Crippen MR) is 64.5 cm³/mol. The van der Waals surface area contributed by atoms with Crippen molar-refractivity contribution >= 4 is 5.69 Å². The Morgan fingerprint density at radius 3 is 2.58 bits per heavy atom. The van der Waals surface area contributed by atoms with Crippen molar-refractivity contribution in [1.82, 2.24) is 0 Å². The topological polar surface area (TPSA) is 44.5 Å². The van der Waals surface area contributed by atoms with E-state index in [1.807, 2.05) is 0 Å². The van der Waals surface area contributed by atoms with Crippen LogP contribution >= 0.6 is 0 Å². The van der Waals surface area contributed by atoms with Crippen LogP contribution in [-0.2, 0) is 22.3 Å². The smallest absolute Gasteiger partial charge is 0.399 e. The van der Waals surface area contributed by atoms with Gasteiger partial charge in [0.25, 0.3) is 0 Å². The fourth-order valence-electron chi connectivity index (χ4n) is 2.03. The molecule has 0 spiro atoms. The molecule has 1 aliphatic rings. The number of alkyl halides is 3. The van der Waals surface area contributed by atoms with Crippen LogP contribution in [0.2, 0.25) is 0 Å². The highest BCUT2D eigenvalue weighted by atomic mass is 19.4. The molecule has 2 rings (SSSR count). The summed E-state index contributed by atoms with van der Waals surface area (Å²) in [6.07, 6.45) is -3.01. The first kappa shape index (κ1) is 14.1. The van der Waals surface area contributed by atoms with E-state index in [4.69, 9.17) is 15.2 Å². The lowest BCUT2D eigenvalue weighted by Crippen LogP contribution is -2.23. The van der Waals surface area contributed by atoms with Crippen LogP contribution in [0.5, 0.6) is 0 Å². The number of benzene rings is 1. The van der Waals surface area contributed by atoms with Crippen LogP contribution < -0.4 is 5.73 Å². The minimum absolute atomic E-state index is 0.0348. The Balaban J connectivity index is 2.06. The van der Waals surface area contributed by atoms with Crippen molar-refractivity contribution in [2.75, 3.05) is 18.9 Å². The number of rotatable bonds is 3. The van der Waals surface area contributed by atoms with Gasteiger partial charge in [0.15, 0.2) is 0 Å². The van der Waals surface area contributed by atoms with Gasteiger partial charge < -0.3 is 15.2 Å². The fraction of sp³-hybridized carbons (Fsp3) is 0.538. The Morgan fingerprint density at radius 2 is 1.95 bits per heavy atom. The fourth-order valence-corrected chi connectivity index (χ4v) is 2.03. The van der Waals surface area contributed by atoms with E-state index in [1.54, 1.807) is 0 Å². The zero-order valence-electron chi connectivity index (χ0n) is 10.4. The van der Waals surface area contributed by atoms with Crippen LogP contribution in [0.4, 0.5) is 18.9 Å². The summed E-state index contributed by atoms with van der Waals surface area (Å²) in [5.41, 5.74) is 4.90. The van der Waals surface area contributed by atoms with E-state index in [1.165, 1.54) is 12.1 Å². The van der Waals surface area contributed by atoms with Crippen LogP contribution in [0.15, 0.2) is 18.2 Å². The molecule has 0 unspecified atom stereocenters. The van der Waals surface area contributed by atoms with Gasteiger partial charge in [-0.25, -0.2) is 0 Å². The standard InChI is InChI=1S/C13H16F3NO2/c14-13(15,16)12-7-10(17)2-1-9(12)8-19-11-3-5-18-6-4-11/h1-2,7,11H,3-6,8,17H2. The molecule has 1 aromatic carbocycles. The Kier molecular flexibility index (Phi) is 4.31. The minimum Gasteiger partial charge on any atom is -0.399 e. The largest absolute Gasteiger partial charge is 0.416 e. The summed E-state index contributed by atoms with van der Waals surface area (Å²) in [6.45, 7) is 1.14. The van der Waals surface area contributed by atoms with Gasteiger partial charge in [0.1, 0.15) is 0 Å². The second-order valence-electron chi connectivity index (χ2n) is 4.54. The number of hydrogen-bond acceptors (Lipinski definition) is 3. The minimum atomic E-state index is -4.41. The van der Waals surface area contributed by atoms with Gasteiger partial charge in [-0.1, -0.05) is 6.07 Å². The molecule has 19 heavy (non-hydrogen) atoms. The lowest BCUT2D eigenvalue weighted by atomic mass is 10.1. The maximum atomic E-state index is 12.9. The number of nitrogens with two attached hydrogens (primary N) is 1. The van der Waals surface area contributed by atoms with Gasteiger partial charge in [0.2, 0.25) is 0 Å². The molecule has 0 aliphatic carbocycles. The van der Waals surface area contributed by atoms with Crippen molar-refractivity contribution < 1.29 is 22.6 Å². The van der Waals surface area contributed by atoms with Crippen molar-refractivity contribution in [2.24, 2.45) is 0 Å². The van der Waals surface area contributed by atoms with Gasteiger partial charge >= 0.3 is 6.18 Å². The number of nitrogen functional groups attached to an aromatic ring is 1. The Bertz CT molecular complexity index is 428. The van der Waals surface area contributed by atoms with Crippen molar-refractivity contribution in [2.45, 2.75) is 31.7 Å². The van der Waals surface area contributed by atoms with Crippen molar-refractivity contribution in [3.63, 3.8) is 0 Å². The Morgan fingerprint density at radius 1 is 1.26 bits per heavy atom. The van der Waals surface area contributed by atoms with E-state index in [0.29, 0.717) is 13.2 Å². The third kappa shape index (κ3) is 3.84. The first-order valence-corrected chi connectivity index (χ1v) is 6.12. The van der Waals surface area contributed by atoms with Crippen LogP contribution in [0, 0.1) is 0 Å². The van der Waals surface area contributed by atoms with E-state index < -0.39 is 11.7 Å². The van der Waals surface area contributed by atoms with E-state index in [2.05, 4.69) is 0 Å². The van der Waals surface area contributed by atoms with Crippen LogP contribution in [0.3, 0.4) is 0 Å². The van der Waals surface area contributed by atoms with E-state index in [0.717, 1.165) is 18.9 Å². The van der Waals surface area contributed by atoms with Gasteiger partial charge in [0.05, 0.1) is 18.3 Å². The molecule has 1 heterocycles. The normalized spacial score (nSPS) is 17.6. The zero-order valence-corrected chi connectivity index (χ0v) is 10.4. The maximum absolute atomic E-state index is 12.9. The molecule has 2 N–H and O–H groups in total. The average molecular weight is 275 g/mol. The summed E-state index contributed by atoms with van der Waals surface area (Å²) >= 11 is 0. The third-order valence-corrected chi connectivity index (χ3v) is 3.08. The highest BCUT2D eigenvalue weighted by Crippen LogP contribution is 2.34. The predicted octanol–water partition coefficient (Wildman–Crippen LogP) is 2.98. The summed E-state index contributed by atoms with van der Waals surface area (Å²) < 4.78 is 49.3. The Labute approximate surface area is 109 Å². The van der Waals surface area contributed by atoms with Crippen molar-refractivity contribution in [3.05, 3.63) is 29.3 Å².